The van der Waals surface area contributed by atoms with Crippen LogP contribution < -0.4 is 5.48 Å². The zero-order valence-corrected chi connectivity index (χ0v) is 7.20. The van der Waals surface area contributed by atoms with Gasteiger partial charge in [0, 0.05) is 0 Å². The fourth-order valence-electron chi connectivity index (χ4n) is 0.516. The molecule has 0 aliphatic heterocycles. The second-order valence-corrected chi connectivity index (χ2v) is 3.78. The molecule has 1 heterocycles. The van der Waals surface area contributed by atoms with Crippen molar-refractivity contribution in [1.82, 2.24) is 5.48 Å². The van der Waals surface area contributed by atoms with Crippen LogP contribution in [0.3, 0.4) is 0 Å². The van der Waals surface area contributed by atoms with E-state index >= 15 is 0 Å². The number of rotatable bonds is 1. The van der Waals surface area contributed by atoms with Crippen LogP contribution in [0.25, 0.3) is 0 Å². The van der Waals surface area contributed by atoms with Crippen molar-refractivity contribution < 1.29 is 10.0 Å². The smallest absolute Gasteiger partial charge is 0.276 e. The van der Waals surface area contributed by atoms with E-state index in [0.717, 1.165) is 3.79 Å². The van der Waals surface area contributed by atoms with Crippen LogP contribution in [-0.4, -0.2) is 11.1 Å². The fourth-order valence-corrected chi connectivity index (χ4v) is 1.76. The van der Waals surface area contributed by atoms with Crippen molar-refractivity contribution in [2.24, 2.45) is 0 Å². The Balaban J connectivity index is 2.93. The van der Waals surface area contributed by atoms with Gasteiger partial charge in [0.15, 0.2) is 0 Å². The summed E-state index contributed by atoms with van der Waals surface area (Å²) in [5, 5.41) is 9.97. The minimum absolute atomic E-state index is 0.451. The van der Waals surface area contributed by atoms with Crippen LogP contribution in [0.2, 0.25) is 0 Å². The van der Waals surface area contributed by atoms with E-state index in [2.05, 4.69) is 15.9 Å². The molecule has 0 aromatic carbocycles. The minimum atomic E-state index is -0.492. The molecule has 5 heteroatoms. The average molecular weight is 222 g/mol. The summed E-state index contributed by atoms with van der Waals surface area (Å²) in [7, 11) is 0. The van der Waals surface area contributed by atoms with Crippen LogP contribution >= 0.6 is 27.3 Å². The molecule has 0 saturated carbocycles. The van der Waals surface area contributed by atoms with Crippen LogP contribution in [0.1, 0.15) is 10.4 Å². The van der Waals surface area contributed by atoms with Crippen molar-refractivity contribution in [3.05, 3.63) is 20.8 Å². The molecule has 3 nitrogen and oxygen atoms in total. The van der Waals surface area contributed by atoms with Gasteiger partial charge in [-0.25, -0.2) is 5.48 Å². The lowest BCUT2D eigenvalue weighted by Crippen LogP contribution is -2.17. The van der Waals surface area contributed by atoms with Crippen molar-refractivity contribution >= 4 is 33.2 Å². The van der Waals surface area contributed by atoms with Gasteiger partial charge in [0.05, 0.1) is 9.35 Å². The molecular weight excluding hydrogens is 218 g/mol. The van der Waals surface area contributed by atoms with Gasteiger partial charge in [0.1, 0.15) is 0 Å². The quantitative estimate of drug-likeness (QED) is 0.560. The summed E-state index contributed by atoms with van der Waals surface area (Å²) < 4.78 is 0.721. The van der Waals surface area contributed by atoms with Gasteiger partial charge in [-0.15, -0.1) is 11.3 Å². The molecular formula is C5H4BrNO2S. The highest BCUT2D eigenvalue weighted by Crippen LogP contribution is 2.22. The highest BCUT2D eigenvalue weighted by Gasteiger charge is 2.08. The van der Waals surface area contributed by atoms with Gasteiger partial charge in [-0.3, -0.25) is 10.0 Å². The first kappa shape index (κ1) is 7.71. The van der Waals surface area contributed by atoms with Gasteiger partial charge in [-0.05, 0) is 27.4 Å². The van der Waals surface area contributed by atoms with Crippen molar-refractivity contribution in [3.63, 3.8) is 0 Å². The molecule has 1 rings (SSSR count). The highest BCUT2D eigenvalue weighted by atomic mass is 79.9. The maximum atomic E-state index is 10.7. The third-order valence-corrected chi connectivity index (χ3v) is 2.65. The molecule has 1 amide bonds. The number of halogens is 1. The van der Waals surface area contributed by atoms with E-state index in [1.807, 2.05) is 0 Å². The Hall–Kier alpha value is -0.390. The molecule has 0 atom stereocenters. The predicted octanol–water partition coefficient (Wildman–Crippen LogP) is 1.63. The van der Waals surface area contributed by atoms with Crippen LogP contribution in [0, 0.1) is 0 Å². The lowest BCUT2D eigenvalue weighted by molar-refractivity contribution is 0.0706. The summed E-state index contributed by atoms with van der Waals surface area (Å²) in [6, 6.07) is 1.63. The van der Waals surface area contributed by atoms with E-state index < -0.39 is 5.91 Å². The van der Waals surface area contributed by atoms with Gasteiger partial charge >= 0.3 is 0 Å². The van der Waals surface area contributed by atoms with Gasteiger partial charge in [0.2, 0.25) is 0 Å². The monoisotopic (exact) mass is 221 g/mol. The molecule has 0 unspecified atom stereocenters. The van der Waals surface area contributed by atoms with E-state index in [0.29, 0.717) is 5.56 Å². The molecule has 0 spiro atoms. The molecule has 1 aromatic heterocycles. The summed E-state index contributed by atoms with van der Waals surface area (Å²) in [6.45, 7) is 0. The molecule has 0 bridgehead atoms. The number of thiophene rings is 1. The van der Waals surface area contributed by atoms with Crippen molar-refractivity contribution in [2.75, 3.05) is 0 Å². The SMILES string of the molecule is O=C(NO)c1ccsc1Br. The lowest BCUT2D eigenvalue weighted by Gasteiger charge is -1.92. The maximum Gasteiger partial charge on any atom is 0.276 e. The molecule has 0 aliphatic rings. The number of carbonyl (C=O) groups excluding carboxylic acids is 1. The summed E-state index contributed by atoms with van der Waals surface area (Å²) in [5.74, 6) is -0.492. The standard InChI is InChI=1S/C5H4BrNO2S/c6-4-3(1-2-10-4)5(8)7-9/h1-2,9H,(H,7,8). The van der Waals surface area contributed by atoms with E-state index in [4.69, 9.17) is 5.21 Å². The Morgan fingerprint density at radius 3 is 2.90 bits per heavy atom. The zero-order chi connectivity index (χ0) is 7.56. The lowest BCUT2D eigenvalue weighted by atomic mass is 10.3. The first-order valence-electron chi connectivity index (χ1n) is 2.43. The number of amides is 1. The van der Waals surface area contributed by atoms with Gasteiger partial charge in [-0.2, -0.15) is 0 Å². The second kappa shape index (κ2) is 3.14. The Morgan fingerprint density at radius 1 is 1.80 bits per heavy atom. The summed E-state index contributed by atoms with van der Waals surface area (Å²) in [4.78, 5) is 10.7. The van der Waals surface area contributed by atoms with Crippen molar-refractivity contribution in [2.45, 2.75) is 0 Å². The highest BCUT2D eigenvalue weighted by molar-refractivity contribution is 9.11. The molecule has 54 valence electrons. The Bertz CT molecular complexity index is 248. The number of hydroxylamine groups is 1. The van der Waals surface area contributed by atoms with Crippen LogP contribution in [-0.2, 0) is 0 Å². The molecule has 0 radical (unpaired) electrons. The largest absolute Gasteiger partial charge is 0.288 e. The fraction of sp³-hybridized carbons (Fsp3) is 0. The van der Waals surface area contributed by atoms with Gasteiger partial charge in [0.25, 0.3) is 5.91 Å². The van der Waals surface area contributed by atoms with E-state index in [9.17, 15) is 4.79 Å². The third-order valence-electron chi connectivity index (χ3n) is 0.964. The van der Waals surface area contributed by atoms with Crippen molar-refractivity contribution in [1.29, 1.82) is 0 Å². The maximum absolute atomic E-state index is 10.7. The number of nitrogens with one attached hydrogen (secondary N) is 1. The number of hydrogen-bond acceptors (Lipinski definition) is 3. The van der Waals surface area contributed by atoms with Crippen LogP contribution in [0.15, 0.2) is 15.2 Å². The van der Waals surface area contributed by atoms with E-state index in [1.54, 1.807) is 16.9 Å². The predicted molar refractivity (Wildman–Crippen MR) is 41.3 cm³/mol. The molecule has 2 N–H and O–H groups in total. The molecule has 1 aromatic rings. The summed E-state index contributed by atoms with van der Waals surface area (Å²) >= 11 is 4.55. The Kier molecular flexibility index (Phi) is 2.42. The summed E-state index contributed by atoms with van der Waals surface area (Å²) in [6.07, 6.45) is 0. The molecule has 0 fully saturated rings. The average Bonchev–Trinajstić information content (AvgIpc) is 2.34. The molecule has 0 aliphatic carbocycles. The molecule has 10 heavy (non-hydrogen) atoms. The van der Waals surface area contributed by atoms with Crippen LogP contribution in [0.5, 0.6) is 0 Å². The normalized spacial score (nSPS) is 9.40. The number of hydrogen-bond donors (Lipinski definition) is 2. The van der Waals surface area contributed by atoms with E-state index in [-0.39, 0.29) is 0 Å². The first-order chi connectivity index (χ1) is 4.75. The molecule has 0 saturated heterocycles. The second-order valence-electron chi connectivity index (χ2n) is 1.55. The van der Waals surface area contributed by atoms with Crippen molar-refractivity contribution in [3.8, 4) is 0 Å². The van der Waals surface area contributed by atoms with Gasteiger partial charge < -0.3 is 0 Å². The van der Waals surface area contributed by atoms with Crippen LogP contribution in [0.4, 0.5) is 0 Å². The summed E-state index contributed by atoms with van der Waals surface area (Å²) in [5.41, 5.74) is 2.00. The number of carbonyl (C=O) groups is 1. The topological polar surface area (TPSA) is 49.3 Å². The Labute approximate surface area is 69.8 Å². The van der Waals surface area contributed by atoms with Gasteiger partial charge in [-0.1, -0.05) is 0 Å². The Morgan fingerprint density at radius 2 is 2.50 bits per heavy atom. The van der Waals surface area contributed by atoms with E-state index in [1.165, 1.54) is 11.3 Å². The zero-order valence-electron chi connectivity index (χ0n) is 4.80. The minimum Gasteiger partial charge on any atom is -0.288 e. The first-order valence-corrected chi connectivity index (χ1v) is 4.10. The third kappa shape index (κ3) is 1.36.